The van der Waals surface area contributed by atoms with E-state index in [1.165, 1.54) is 4.90 Å². The van der Waals surface area contributed by atoms with Gasteiger partial charge in [0.25, 0.3) is 10.0 Å². The number of hydrogen-bond acceptors (Lipinski definition) is 4. The maximum Gasteiger partial charge on any atom is 0.264 e. The second-order valence-corrected chi connectivity index (χ2v) is 14.6. The van der Waals surface area contributed by atoms with Crippen LogP contribution in [-0.4, -0.2) is 43.3 Å². The van der Waals surface area contributed by atoms with Crippen LogP contribution in [0.1, 0.15) is 43.0 Å². The van der Waals surface area contributed by atoms with Crippen molar-refractivity contribution < 1.29 is 18.0 Å². The summed E-state index contributed by atoms with van der Waals surface area (Å²) in [5.74, 6) is -0.857. The largest absolute Gasteiger partial charge is 0.350 e. The van der Waals surface area contributed by atoms with Crippen LogP contribution in [0.25, 0.3) is 0 Å². The zero-order chi connectivity index (χ0) is 32.8. The fourth-order valence-corrected chi connectivity index (χ4v) is 6.47. The SMILES string of the molecule is Cc1ccc(S(=O)(=O)N(CC(=O)N(Cc2ccc(Cl)cc2)[C@H](Cc2ccccc2)C(=O)NC(C)(C)C)c2cccc(C)c2)cc1. The van der Waals surface area contributed by atoms with Crippen LogP contribution in [-0.2, 0) is 32.6 Å². The Kier molecular flexibility index (Phi) is 10.7. The second-order valence-electron chi connectivity index (χ2n) is 12.3. The summed E-state index contributed by atoms with van der Waals surface area (Å²) in [5.41, 5.74) is 3.15. The fraction of sp³-hybridized carbons (Fsp3) is 0.278. The van der Waals surface area contributed by atoms with Gasteiger partial charge in [-0.15, -0.1) is 0 Å². The van der Waals surface area contributed by atoms with Crippen molar-refractivity contribution in [2.45, 2.75) is 64.1 Å². The number of anilines is 1. The Morgan fingerprint density at radius 1 is 0.800 bits per heavy atom. The van der Waals surface area contributed by atoms with Crippen molar-refractivity contribution in [3.05, 3.63) is 130 Å². The number of nitrogens with one attached hydrogen (secondary N) is 1. The lowest BCUT2D eigenvalue weighted by molar-refractivity contribution is -0.140. The molecule has 4 rings (SSSR count). The van der Waals surface area contributed by atoms with Crippen LogP contribution in [0.5, 0.6) is 0 Å². The highest BCUT2D eigenvalue weighted by Crippen LogP contribution is 2.26. The quantitative estimate of drug-likeness (QED) is 0.197. The summed E-state index contributed by atoms with van der Waals surface area (Å²) in [7, 11) is -4.16. The van der Waals surface area contributed by atoms with Gasteiger partial charge in [-0.25, -0.2) is 8.42 Å². The van der Waals surface area contributed by atoms with E-state index < -0.39 is 34.1 Å². The third-order valence-electron chi connectivity index (χ3n) is 7.21. The third-order valence-corrected chi connectivity index (χ3v) is 9.25. The average Bonchev–Trinajstić information content (AvgIpc) is 2.98. The van der Waals surface area contributed by atoms with Gasteiger partial charge in [0.2, 0.25) is 11.8 Å². The van der Waals surface area contributed by atoms with Gasteiger partial charge in [0, 0.05) is 23.5 Å². The molecule has 0 aliphatic carbocycles. The Balaban J connectivity index is 1.81. The molecule has 4 aromatic rings. The molecular weight excluding hydrogens is 606 g/mol. The topological polar surface area (TPSA) is 86.8 Å². The minimum absolute atomic E-state index is 0.0668. The third kappa shape index (κ3) is 9.19. The minimum Gasteiger partial charge on any atom is -0.350 e. The molecule has 0 heterocycles. The number of carbonyl (C=O) groups is 2. The van der Waals surface area contributed by atoms with E-state index >= 15 is 0 Å². The molecule has 0 radical (unpaired) electrons. The summed E-state index contributed by atoms with van der Waals surface area (Å²) in [6.07, 6.45) is 0.233. The molecule has 7 nitrogen and oxygen atoms in total. The van der Waals surface area contributed by atoms with Gasteiger partial charge in [-0.05, 0) is 87.7 Å². The summed E-state index contributed by atoms with van der Waals surface area (Å²) >= 11 is 6.15. The predicted octanol–water partition coefficient (Wildman–Crippen LogP) is 6.71. The van der Waals surface area contributed by atoms with Crippen molar-refractivity contribution in [3.63, 3.8) is 0 Å². The van der Waals surface area contributed by atoms with Crippen LogP contribution >= 0.6 is 11.6 Å². The number of nitrogens with zero attached hydrogens (tertiary/aromatic N) is 2. The molecule has 236 valence electrons. The highest BCUT2D eigenvalue weighted by Gasteiger charge is 2.35. The van der Waals surface area contributed by atoms with Gasteiger partial charge in [0.15, 0.2) is 0 Å². The number of benzene rings is 4. The molecule has 2 amide bonds. The lowest BCUT2D eigenvalue weighted by Crippen LogP contribution is -2.56. The molecule has 0 bridgehead atoms. The van der Waals surface area contributed by atoms with Gasteiger partial charge in [0.1, 0.15) is 12.6 Å². The van der Waals surface area contributed by atoms with E-state index in [0.29, 0.717) is 10.7 Å². The van der Waals surface area contributed by atoms with Gasteiger partial charge in [-0.2, -0.15) is 0 Å². The molecule has 0 aliphatic rings. The number of sulfonamides is 1. The molecule has 45 heavy (non-hydrogen) atoms. The van der Waals surface area contributed by atoms with Crippen LogP contribution in [0.2, 0.25) is 5.02 Å². The maximum atomic E-state index is 14.5. The highest BCUT2D eigenvalue weighted by atomic mass is 35.5. The lowest BCUT2D eigenvalue weighted by atomic mass is 10.0. The first-order chi connectivity index (χ1) is 21.2. The van der Waals surface area contributed by atoms with Gasteiger partial charge in [0.05, 0.1) is 10.6 Å². The monoisotopic (exact) mass is 645 g/mol. The van der Waals surface area contributed by atoms with Crippen LogP contribution in [0.15, 0.2) is 108 Å². The molecule has 9 heteroatoms. The van der Waals surface area contributed by atoms with E-state index in [9.17, 15) is 18.0 Å². The van der Waals surface area contributed by atoms with E-state index in [2.05, 4.69) is 5.32 Å². The average molecular weight is 646 g/mol. The molecule has 0 fully saturated rings. The summed E-state index contributed by atoms with van der Waals surface area (Å²) in [5, 5.41) is 3.58. The molecule has 4 aromatic carbocycles. The van der Waals surface area contributed by atoms with Gasteiger partial charge in [-0.3, -0.25) is 13.9 Å². The number of rotatable bonds is 11. The van der Waals surface area contributed by atoms with Crippen molar-refractivity contribution in [2.75, 3.05) is 10.8 Å². The number of halogens is 1. The number of carbonyl (C=O) groups excluding carboxylic acids is 2. The zero-order valence-corrected chi connectivity index (χ0v) is 27.9. The molecule has 0 saturated heterocycles. The Bertz CT molecular complexity index is 1720. The standard InChI is InChI=1S/C36H40ClN3O4S/c1-26-14-20-32(21-15-26)45(43,44)40(31-13-9-10-27(2)22-31)25-34(41)39(24-29-16-18-30(37)19-17-29)33(35(42)38-36(3,4)5)23-28-11-7-6-8-12-28/h6-22,33H,23-25H2,1-5H3,(H,38,42)/t33-/m1/s1. The van der Waals surface area contributed by atoms with Gasteiger partial charge in [-0.1, -0.05) is 83.9 Å². The zero-order valence-electron chi connectivity index (χ0n) is 26.3. The molecule has 0 saturated carbocycles. The number of amides is 2. The van der Waals surface area contributed by atoms with Crippen LogP contribution in [0.4, 0.5) is 5.69 Å². The summed E-state index contributed by atoms with van der Waals surface area (Å²) in [6, 6.07) is 29.1. The highest BCUT2D eigenvalue weighted by molar-refractivity contribution is 7.92. The molecule has 1 atom stereocenters. The van der Waals surface area contributed by atoms with Crippen LogP contribution < -0.4 is 9.62 Å². The first-order valence-corrected chi connectivity index (χ1v) is 16.6. The van der Waals surface area contributed by atoms with Gasteiger partial charge >= 0.3 is 0 Å². The first kappa shape index (κ1) is 33.7. The molecular formula is C36H40ClN3O4S. The minimum atomic E-state index is -4.16. The van der Waals surface area contributed by atoms with E-state index in [1.54, 1.807) is 66.7 Å². The summed E-state index contributed by atoms with van der Waals surface area (Å²) in [4.78, 5) is 30.0. The predicted molar refractivity (Wildman–Crippen MR) is 181 cm³/mol. The smallest absolute Gasteiger partial charge is 0.264 e. The fourth-order valence-electron chi connectivity index (χ4n) is 4.94. The summed E-state index contributed by atoms with van der Waals surface area (Å²) in [6.45, 7) is 8.93. The normalized spacial score (nSPS) is 12.3. The Hall–Kier alpha value is -4.14. The molecule has 0 aliphatic heterocycles. The number of aryl methyl sites for hydroxylation is 2. The van der Waals surface area contributed by atoms with E-state index in [0.717, 1.165) is 26.6 Å². The molecule has 0 unspecified atom stereocenters. The first-order valence-electron chi connectivity index (χ1n) is 14.8. The maximum absolute atomic E-state index is 14.5. The lowest BCUT2D eigenvalue weighted by Gasteiger charge is -2.35. The van der Waals surface area contributed by atoms with Crippen molar-refractivity contribution >= 4 is 39.1 Å². The Morgan fingerprint density at radius 2 is 1.44 bits per heavy atom. The van der Waals surface area contributed by atoms with Crippen LogP contribution in [0, 0.1) is 13.8 Å². The van der Waals surface area contributed by atoms with E-state index in [-0.39, 0.29) is 23.8 Å². The Morgan fingerprint density at radius 3 is 2.04 bits per heavy atom. The van der Waals surface area contributed by atoms with Crippen molar-refractivity contribution in [1.82, 2.24) is 10.2 Å². The van der Waals surface area contributed by atoms with Crippen LogP contribution in [0.3, 0.4) is 0 Å². The second kappa shape index (κ2) is 14.3. The van der Waals surface area contributed by atoms with E-state index in [1.807, 2.05) is 71.0 Å². The van der Waals surface area contributed by atoms with E-state index in [4.69, 9.17) is 11.6 Å². The van der Waals surface area contributed by atoms with Crippen molar-refractivity contribution in [3.8, 4) is 0 Å². The van der Waals surface area contributed by atoms with Gasteiger partial charge < -0.3 is 10.2 Å². The molecule has 0 aromatic heterocycles. The molecule has 0 spiro atoms. The van der Waals surface area contributed by atoms with Crippen molar-refractivity contribution in [1.29, 1.82) is 0 Å². The van der Waals surface area contributed by atoms with Crippen molar-refractivity contribution in [2.24, 2.45) is 0 Å². The number of hydrogen-bond donors (Lipinski definition) is 1. The molecule has 1 N–H and O–H groups in total. The summed E-state index contributed by atoms with van der Waals surface area (Å²) < 4.78 is 29.4. The Labute approximate surface area is 271 Å².